The van der Waals surface area contributed by atoms with Gasteiger partial charge in [-0.25, -0.2) is 4.98 Å². The minimum Gasteiger partial charge on any atom is -0.287 e. The van der Waals surface area contributed by atoms with Crippen LogP contribution in [-0.4, -0.2) is 15.3 Å². The quantitative estimate of drug-likeness (QED) is 0.497. The van der Waals surface area contributed by atoms with Crippen LogP contribution in [0, 0.1) is 11.3 Å². The predicted octanol–water partition coefficient (Wildman–Crippen LogP) is 3.88. The van der Waals surface area contributed by atoms with Crippen LogP contribution in [0.3, 0.4) is 0 Å². The number of fused-ring (bicyclic) bond motifs is 1. The first-order valence-corrected chi connectivity index (χ1v) is 9.60. The number of nitriles is 1. The molecule has 0 bridgehead atoms. The summed E-state index contributed by atoms with van der Waals surface area (Å²) in [5.74, 6) is 0.287. The van der Waals surface area contributed by atoms with Crippen molar-refractivity contribution in [3.05, 3.63) is 57.2 Å². The van der Waals surface area contributed by atoms with Gasteiger partial charge in [-0.2, -0.15) is 5.26 Å². The number of rotatable bonds is 6. The van der Waals surface area contributed by atoms with Crippen molar-refractivity contribution in [1.82, 2.24) is 9.55 Å². The van der Waals surface area contributed by atoms with Crippen LogP contribution in [0.4, 0.5) is 0 Å². The van der Waals surface area contributed by atoms with Gasteiger partial charge in [-0.1, -0.05) is 49.0 Å². The van der Waals surface area contributed by atoms with Crippen LogP contribution in [0.25, 0.3) is 10.2 Å². The van der Waals surface area contributed by atoms with Crippen molar-refractivity contribution in [3.8, 4) is 6.07 Å². The average molecular weight is 355 g/mol. The topological polar surface area (TPSA) is 58.7 Å². The van der Waals surface area contributed by atoms with E-state index in [1.165, 1.54) is 17.3 Å². The highest BCUT2D eigenvalue weighted by molar-refractivity contribution is 7.99. The lowest BCUT2D eigenvalue weighted by molar-refractivity contribution is 0.596. The lowest BCUT2D eigenvalue weighted by atomic mass is 10.1. The molecule has 0 saturated carbocycles. The summed E-state index contributed by atoms with van der Waals surface area (Å²) in [5, 5.41) is 10.2. The van der Waals surface area contributed by atoms with Gasteiger partial charge in [0, 0.05) is 11.4 Å². The predicted molar refractivity (Wildman–Crippen MR) is 99.7 cm³/mol. The first-order chi connectivity index (χ1) is 11.7. The van der Waals surface area contributed by atoms with Gasteiger partial charge in [0.1, 0.15) is 4.83 Å². The van der Waals surface area contributed by atoms with Crippen LogP contribution in [-0.2, 0) is 19.4 Å². The molecule has 0 aliphatic carbocycles. The molecule has 0 atom stereocenters. The number of thioether (sulfide) groups is 1. The summed E-state index contributed by atoms with van der Waals surface area (Å²) < 4.78 is 1.71. The van der Waals surface area contributed by atoms with E-state index in [2.05, 4.69) is 30.1 Å². The highest BCUT2D eigenvalue weighted by atomic mass is 32.2. The van der Waals surface area contributed by atoms with Gasteiger partial charge in [-0.15, -0.1) is 11.3 Å². The maximum atomic E-state index is 12.9. The Kier molecular flexibility index (Phi) is 5.34. The largest absolute Gasteiger partial charge is 0.287 e. The van der Waals surface area contributed by atoms with Gasteiger partial charge in [-0.05, 0) is 24.5 Å². The van der Waals surface area contributed by atoms with Gasteiger partial charge < -0.3 is 0 Å². The Labute approximate surface area is 148 Å². The molecule has 0 fully saturated rings. The zero-order valence-corrected chi connectivity index (χ0v) is 15.0. The Morgan fingerprint density at radius 1 is 1.33 bits per heavy atom. The molecule has 2 aromatic heterocycles. The van der Waals surface area contributed by atoms with Gasteiger partial charge in [0.15, 0.2) is 5.16 Å². The van der Waals surface area contributed by atoms with Crippen LogP contribution in [0.1, 0.15) is 17.4 Å². The number of benzene rings is 1. The van der Waals surface area contributed by atoms with E-state index in [-0.39, 0.29) is 11.3 Å². The number of aromatic nitrogens is 2. The van der Waals surface area contributed by atoms with Gasteiger partial charge in [0.2, 0.25) is 0 Å². The third kappa shape index (κ3) is 3.53. The summed E-state index contributed by atoms with van der Waals surface area (Å²) in [5.41, 5.74) is 1.17. The van der Waals surface area contributed by atoms with Crippen molar-refractivity contribution >= 4 is 33.3 Å². The van der Waals surface area contributed by atoms with Crippen LogP contribution >= 0.6 is 23.1 Å². The first-order valence-electron chi connectivity index (χ1n) is 7.80. The van der Waals surface area contributed by atoms with Crippen molar-refractivity contribution in [2.45, 2.75) is 31.5 Å². The summed E-state index contributed by atoms with van der Waals surface area (Å²) in [6.45, 7) is 2.64. The maximum Gasteiger partial charge on any atom is 0.262 e. The molecule has 3 rings (SSSR count). The van der Waals surface area contributed by atoms with Crippen LogP contribution < -0.4 is 5.56 Å². The molecule has 0 N–H and O–H groups in total. The fourth-order valence-corrected chi connectivity index (χ4v) is 4.21. The Balaban J connectivity index is 2.00. The van der Waals surface area contributed by atoms with E-state index in [1.54, 1.807) is 15.9 Å². The number of thiophene rings is 1. The van der Waals surface area contributed by atoms with Crippen molar-refractivity contribution in [1.29, 1.82) is 5.26 Å². The van der Waals surface area contributed by atoms with Gasteiger partial charge >= 0.3 is 0 Å². The summed E-state index contributed by atoms with van der Waals surface area (Å²) in [7, 11) is 0. The molecule has 0 spiro atoms. The lowest BCUT2D eigenvalue weighted by Gasteiger charge is -2.11. The molecule has 1 aromatic carbocycles. The zero-order valence-electron chi connectivity index (χ0n) is 13.4. The minimum absolute atomic E-state index is 0.00711. The molecule has 0 aliphatic heterocycles. The number of hydrogen-bond acceptors (Lipinski definition) is 5. The zero-order chi connectivity index (χ0) is 16.9. The van der Waals surface area contributed by atoms with Gasteiger partial charge in [-0.3, -0.25) is 9.36 Å². The van der Waals surface area contributed by atoms with Crippen molar-refractivity contribution < 1.29 is 0 Å². The van der Waals surface area contributed by atoms with E-state index < -0.39 is 0 Å². The van der Waals surface area contributed by atoms with Gasteiger partial charge in [0.05, 0.1) is 17.2 Å². The summed E-state index contributed by atoms with van der Waals surface area (Å²) >= 11 is 2.89. The second-order valence-electron chi connectivity index (χ2n) is 5.32. The Morgan fingerprint density at radius 3 is 2.83 bits per heavy atom. The van der Waals surface area contributed by atoms with Crippen LogP contribution in [0.15, 0.2) is 46.3 Å². The monoisotopic (exact) mass is 355 g/mol. The van der Waals surface area contributed by atoms with E-state index in [4.69, 9.17) is 5.26 Å². The molecular formula is C18H17N3OS2. The maximum absolute atomic E-state index is 12.9. The average Bonchev–Trinajstić information content (AvgIpc) is 3.03. The summed E-state index contributed by atoms with van der Waals surface area (Å²) in [6.07, 6.45) is 1.66. The summed E-state index contributed by atoms with van der Waals surface area (Å²) in [4.78, 5) is 19.5. The molecule has 24 heavy (non-hydrogen) atoms. The van der Waals surface area contributed by atoms with Crippen LogP contribution in [0.2, 0.25) is 0 Å². The Hall–Kier alpha value is -2.10. The van der Waals surface area contributed by atoms with Crippen LogP contribution in [0.5, 0.6) is 0 Å². The van der Waals surface area contributed by atoms with E-state index >= 15 is 0 Å². The smallest absolute Gasteiger partial charge is 0.262 e. The highest BCUT2D eigenvalue weighted by Crippen LogP contribution is 2.25. The standard InChI is InChI=1S/C18H17N3OS2/c1-2-14-12-15-16(24-14)20-18(23-11-9-19)21(17(15)22)10-8-13-6-4-3-5-7-13/h3-7,12H,2,8,10-11H2,1H3. The van der Waals surface area contributed by atoms with E-state index in [0.29, 0.717) is 17.1 Å². The highest BCUT2D eigenvalue weighted by Gasteiger charge is 2.14. The summed E-state index contributed by atoms with van der Waals surface area (Å²) in [6, 6.07) is 14.1. The fourth-order valence-electron chi connectivity index (χ4n) is 2.51. The minimum atomic E-state index is -0.00711. The molecule has 2 heterocycles. The molecule has 3 aromatic rings. The molecular weight excluding hydrogens is 338 g/mol. The third-order valence-electron chi connectivity index (χ3n) is 3.75. The molecule has 0 radical (unpaired) electrons. The van der Waals surface area contributed by atoms with Crippen molar-refractivity contribution in [2.24, 2.45) is 0 Å². The number of hydrogen-bond donors (Lipinski definition) is 0. The van der Waals surface area contributed by atoms with Crippen molar-refractivity contribution in [3.63, 3.8) is 0 Å². The normalized spacial score (nSPS) is 10.8. The Bertz CT molecular complexity index is 939. The Morgan fingerprint density at radius 2 is 2.12 bits per heavy atom. The molecule has 6 heteroatoms. The third-order valence-corrected chi connectivity index (χ3v) is 5.76. The first kappa shape index (κ1) is 16.7. The second-order valence-corrected chi connectivity index (χ2v) is 7.38. The molecule has 4 nitrogen and oxygen atoms in total. The number of nitrogens with zero attached hydrogens (tertiary/aromatic N) is 3. The van der Waals surface area contributed by atoms with Gasteiger partial charge in [0.25, 0.3) is 5.56 Å². The molecule has 0 unspecified atom stereocenters. The second kappa shape index (κ2) is 7.65. The van der Waals surface area contributed by atoms with E-state index in [9.17, 15) is 4.79 Å². The van der Waals surface area contributed by atoms with E-state index in [1.807, 2.05) is 24.3 Å². The molecule has 0 amide bonds. The molecule has 0 aliphatic rings. The lowest BCUT2D eigenvalue weighted by Crippen LogP contribution is -2.23. The fraction of sp³-hybridized carbons (Fsp3) is 0.278. The SMILES string of the molecule is CCc1cc2c(=O)n(CCc3ccccc3)c(SCC#N)nc2s1. The number of aryl methyl sites for hydroxylation is 2. The molecule has 122 valence electrons. The molecule has 0 saturated heterocycles. The van der Waals surface area contributed by atoms with Crippen molar-refractivity contribution in [2.75, 3.05) is 5.75 Å². The van der Waals surface area contributed by atoms with E-state index in [0.717, 1.165) is 22.5 Å².